The molecule has 3 fully saturated rings. The second-order valence-corrected chi connectivity index (χ2v) is 21.3. The standard InChI is InChI=1S/C53H53N7O8S2/c1-36-7-13-46(52(62)57-23-19-43(20-24-57)41-15-9-39(34-54)10-16-41)32-49(36)56-69(64,65)38(3)60(70(66,67)48-6-4-5-45(31-48)51(61)59-27-29-68-30-28-59)50-33-47(14-8-37(50)2)53(63)58-25-21-44(22-26-58)42-17-11-40(35-55)12-18-42/h4-18,31-33,43-44,56H,3,19-30H2,1-2H3. The Kier molecular flexibility index (Phi) is 14.5. The molecule has 3 amide bonds. The van der Waals surface area contributed by atoms with Gasteiger partial charge < -0.3 is 19.4 Å². The van der Waals surface area contributed by atoms with E-state index in [0.29, 0.717) is 105 Å². The van der Waals surface area contributed by atoms with Crippen LogP contribution in [0.2, 0.25) is 0 Å². The lowest BCUT2D eigenvalue weighted by Gasteiger charge is -2.33. The van der Waals surface area contributed by atoms with Gasteiger partial charge in [-0.3, -0.25) is 19.1 Å². The highest BCUT2D eigenvalue weighted by atomic mass is 32.2. The lowest BCUT2D eigenvalue weighted by Crippen LogP contribution is -2.41. The summed E-state index contributed by atoms with van der Waals surface area (Å²) in [5.41, 5.74) is 4.33. The number of aryl methyl sites for hydroxylation is 2. The fraction of sp³-hybridized carbons (Fsp3) is 0.302. The molecule has 0 bridgehead atoms. The van der Waals surface area contributed by atoms with Gasteiger partial charge in [0.25, 0.3) is 37.8 Å². The van der Waals surface area contributed by atoms with Crippen LogP contribution in [-0.2, 0) is 24.8 Å². The zero-order chi connectivity index (χ0) is 49.7. The summed E-state index contributed by atoms with van der Waals surface area (Å²) in [6.45, 7) is 10.1. The van der Waals surface area contributed by atoms with E-state index >= 15 is 8.42 Å². The average Bonchev–Trinajstić information content (AvgIpc) is 3.39. The predicted molar refractivity (Wildman–Crippen MR) is 265 cm³/mol. The summed E-state index contributed by atoms with van der Waals surface area (Å²) in [4.78, 5) is 46.3. The topological polar surface area (TPSA) is 201 Å². The molecule has 3 heterocycles. The molecule has 0 aliphatic carbocycles. The van der Waals surface area contributed by atoms with Crippen LogP contribution in [0.25, 0.3) is 0 Å². The van der Waals surface area contributed by atoms with Crippen molar-refractivity contribution in [2.24, 2.45) is 0 Å². The summed E-state index contributed by atoms with van der Waals surface area (Å²) in [5, 5.41) is 17.5. The number of likely N-dealkylation sites (tertiary alicyclic amines) is 2. The summed E-state index contributed by atoms with van der Waals surface area (Å²) >= 11 is 0. The van der Waals surface area contributed by atoms with Crippen LogP contribution in [0.15, 0.2) is 126 Å². The zero-order valence-electron chi connectivity index (χ0n) is 39.0. The lowest BCUT2D eigenvalue weighted by molar-refractivity contribution is 0.0302. The van der Waals surface area contributed by atoms with Crippen molar-refractivity contribution in [1.82, 2.24) is 14.7 Å². The number of nitrogens with zero attached hydrogens (tertiary/aromatic N) is 6. The number of hydrogen-bond acceptors (Lipinski definition) is 10. The molecule has 3 saturated heterocycles. The number of carbonyl (C=O) groups is 3. The molecule has 5 aromatic rings. The second-order valence-electron chi connectivity index (χ2n) is 17.8. The van der Waals surface area contributed by atoms with Crippen LogP contribution in [0.3, 0.4) is 0 Å². The fourth-order valence-corrected chi connectivity index (χ4v) is 12.2. The van der Waals surface area contributed by atoms with E-state index in [-0.39, 0.29) is 51.7 Å². The number of anilines is 2. The summed E-state index contributed by atoms with van der Waals surface area (Å²) < 4.78 is 68.2. The normalized spacial score (nSPS) is 15.9. The molecule has 0 radical (unpaired) electrons. The quantitative estimate of drug-likeness (QED) is 0.129. The largest absolute Gasteiger partial charge is 0.378 e. The third-order valence-corrected chi connectivity index (χ3v) is 16.6. The molecule has 70 heavy (non-hydrogen) atoms. The van der Waals surface area contributed by atoms with Crippen LogP contribution in [0.1, 0.15) is 102 Å². The van der Waals surface area contributed by atoms with Gasteiger partial charge in [-0.1, -0.05) is 49.0 Å². The van der Waals surface area contributed by atoms with E-state index in [2.05, 4.69) is 23.4 Å². The Bertz CT molecular complexity index is 3140. The van der Waals surface area contributed by atoms with E-state index in [9.17, 15) is 33.3 Å². The fourth-order valence-electron chi connectivity index (χ4n) is 9.24. The van der Waals surface area contributed by atoms with Crippen LogP contribution >= 0.6 is 0 Å². The van der Waals surface area contributed by atoms with E-state index in [0.717, 1.165) is 11.1 Å². The Morgan fingerprint density at radius 2 is 1.07 bits per heavy atom. The average molecular weight is 980 g/mol. The maximum absolute atomic E-state index is 15.2. The van der Waals surface area contributed by atoms with Crippen molar-refractivity contribution in [1.29, 1.82) is 10.5 Å². The van der Waals surface area contributed by atoms with Crippen molar-refractivity contribution < 1.29 is 36.0 Å². The number of rotatable bonds is 12. The molecule has 8 rings (SSSR count). The highest BCUT2D eigenvalue weighted by molar-refractivity contribution is 7.99. The maximum Gasteiger partial charge on any atom is 0.277 e. The Hall–Kier alpha value is -7.31. The number of sulfonamides is 2. The minimum Gasteiger partial charge on any atom is -0.378 e. The first-order valence-corrected chi connectivity index (χ1v) is 26.0. The third kappa shape index (κ3) is 10.5. The van der Waals surface area contributed by atoms with E-state index in [1.807, 2.05) is 24.3 Å². The number of carbonyl (C=O) groups excluding carboxylic acids is 3. The van der Waals surface area contributed by atoms with Crippen LogP contribution in [0, 0.1) is 36.5 Å². The molecular formula is C53H53N7O8S2. The molecule has 0 unspecified atom stereocenters. The molecule has 1 N–H and O–H groups in total. The number of morpholine rings is 1. The van der Waals surface area contributed by atoms with Crippen LogP contribution in [0.4, 0.5) is 11.4 Å². The molecular weight excluding hydrogens is 927 g/mol. The van der Waals surface area contributed by atoms with Gasteiger partial charge in [0.05, 0.1) is 52.7 Å². The zero-order valence-corrected chi connectivity index (χ0v) is 40.6. The number of piperidine rings is 2. The van der Waals surface area contributed by atoms with Gasteiger partial charge in [-0.05, 0) is 140 Å². The first-order chi connectivity index (χ1) is 33.6. The van der Waals surface area contributed by atoms with E-state index in [1.54, 1.807) is 77.1 Å². The Labute approximate surface area is 409 Å². The molecule has 0 aromatic heterocycles. The molecule has 3 aliphatic rings. The minimum atomic E-state index is -4.92. The highest BCUT2D eigenvalue weighted by Gasteiger charge is 2.37. The number of amides is 3. The van der Waals surface area contributed by atoms with Crippen LogP contribution in [0.5, 0.6) is 0 Å². The SMILES string of the molecule is C=C(N(c1cc(C(=O)N2CCC(c3ccc(C#N)cc3)CC2)ccc1C)S(=O)(=O)c1cccc(C(=O)N2CCOCC2)c1)S(=O)(=O)Nc1cc(C(=O)N2CCC(c3ccc(C#N)cc3)CC2)ccc1C. The number of nitrogens with one attached hydrogen (secondary N) is 1. The van der Waals surface area contributed by atoms with Crippen molar-refractivity contribution in [2.45, 2.75) is 56.3 Å². The smallest absolute Gasteiger partial charge is 0.277 e. The summed E-state index contributed by atoms with van der Waals surface area (Å²) in [7, 11) is -9.80. The van der Waals surface area contributed by atoms with Crippen molar-refractivity contribution in [3.8, 4) is 12.1 Å². The van der Waals surface area contributed by atoms with Crippen molar-refractivity contribution in [2.75, 3.05) is 61.5 Å². The van der Waals surface area contributed by atoms with Gasteiger partial charge in [-0.25, -0.2) is 12.7 Å². The first-order valence-electron chi connectivity index (χ1n) is 23.1. The number of hydrogen-bond donors (Lipinski definition) is 1. The molecule has 17 heteroatoms. The Morgan fingerprint density at radius 3 is 1.57 bits per heavy atom. The monoisotopic (exact) mass is 979 g/mol. The minimum absolute atomic E-state index is 0.0278. The van der Waals surface area contributed by atoms with E-state index in [1.165, 1.54) is 36.4 Å². The van der Waals surface area contributed by atoms with Gasteiger partial charge in [-0.2, -0.15) is 18.9 Å². The van der Waals surface area contributed by atoms with Gasteiger partial charge in [-0.15, -0.1) is 0 Å². The van der Waals surface area contributed by atoms with Crippen LogP contribution < -0.4 is 9.03 Å². The van der Waals surface area contributed by atoms with Gasteiger partial charge in [0.2, 0.25) is 0 Å². The molecule has 0 spiro atoms. The van der Waals surface area contributed by atoms with Crippen molar-refractivity contribution >= 4 is 49.1 Å². The maximum atomic E-state index is 15.2. The molecule has 0 atom stereocenters. The summed E-state index contributed by atoms with van der Waals surface area (Å²) in [5.74, 6) is -0.733. The number of benzene rings is 5. The molecule has 360 valence electrons. The van der Waals surface area contributed by atoms with Crippen molar-refractivity contribution in [3.63, 3.8) is 0 Å². The van der Waals surface area contributed by atoms with Gasteiger partial charge in [0.1, 0.15) is 0 Å². The molecule has 5 aromatic carbocycles. The summed E-state index contributed by atoms with van der Waals surface area (Å²) in [6, 6.07) is 33.5. The number of ether oxygens (including phenoxy) is 1. The molecule has 3 aliphatic heterocycles. The second kappa shape index (κ2) is 20.7. The molecule has 0 saturated carbocycles. The third-order valence-electron chi connectivity index (χ3n) is 13.4. The van der Waals surface area contributed by atoms with Gasteiger partial charge in [0.15, 0.2) is 5.03 Å². The van der Waals surface area contributed by atoms with E-state index < -0.39 is 35.9 Å². The Morgan fingerprint density at radius 1 is 0.614 bits per heavy atom. The molecule has 15 nitrogen and oxygen atoms in total. The first kappa shape index (κ1) is 49.1. The van der Waals surface area contributed by atoms with Crippen LogP contribution in [-0.4, -0.2) is 102 Å². The van der Waals surface area contributed by atoms with E-state index in [4.69, 9.17) is 4.74 Å². The highest BCUT2D eigenvalue weighted by Crippen LogP contribution is 2.36. The van der Waals surface area contributed by atoms with Crippen molar-refractivity contribution in [3.05, 3.63) is 171 Å². The number of nitriles is 2. The van der Waals surface area contributed by atoms with Gasteiger partial charge >= 0.3 is 0 Å². The summed E-state index contributed by atoms with van der Waals surface area (Å²) in [6.07, 6.45) is 2.70. The van der Waals surface area contributed by atoms with Gasteiger partial charge in [0, 0.05) is 56.0 Å². The lowest BCUT2D eigenvalue weighted by atomic mass is 9.89. The Balaban J connectivity index is 1.08. The predicted octanol–water partition coefficient (Wildman–Crippen LogP) is 7.67.